The van der Waals surface area contributed by atoms with Crippen molar-refractivity contribution in [3.05, 3.63) is 17.5 Å². The smallest absolute Gasteiger partial charge is 0.305 e. The molecule has 1 heterocycles. The van der Waals surface area contributed by atoms with E-state index in [0.29, 0.717) is 17.4 Å². The molecule has 0 radical (unpaired) electrons. The third-order valence-corrected chi connectivity index (χ3v) is 3.62. The second kappa shape index (κ2) is 6.28. The van der Waals surface area contributed by atoms with Crippen LogP contribution in [0.25, 0.3) is 0 Å². The SMILES string of the molecule is CC(C)Cn1ncc(C(=O)N(C)CCC(=O)O)c1C1CC1. The van der Waals surface area contributed by atoms with Gasteiger partial charge < -0.3 is 10.0 Å². The first kappa shape index (κ1) is 15.5. The van der Waals surface area contributed by atoms with E-state index in [1.54, 1.807) is 13.2 Å². The van der Waals surface area contributed by atoms with E-state index in [1.165, 1.54) is 4.90 Å². The van der Waals surface area contributed by atoms with Gasteiger partial charge in [-0.1, -0.05) is 13.8 Å². The predicted octanol–water partition coefficient (Wildman–Crippen LogP) is 1.96. The summed E-state index contributed by atoms with van der Waals surface area (Å²) in [6.45, 7) is 5.27. The van der Waals surface area contributed by atoms with Gasteiger partial charge in [0.1, 0.15) is 0 Å². The minimum atomic E-state index is -0.896. The predicted molar refractivity (Wildman–Crippen MR) is 78.3 cm³/mol. The summed E-state index contributed by atoms with van der Waals surface area (Å²) in [7, 11) is 1.64. The van der Waals surface area contributed by atoms with E-state index < -0.39 is 5.97 Å². The minimum Gasteiger partial charge on any atom is -0.481 e. The Hall–Kier alpha value is -1.85. The maximum Gasteiger partial charge on any atom is 0.305 e. The van der Waals surface area contributed by atoms with Crippen molar-refractivity contribution >= 4 is 11.9 Å². The van der Waals surface area contributed by atoms with Crippen molar-refractivity contribution in [1.82, 2.24) is 14.7 Å². The number of amides is 1. The van der Waals surface area contributed by atoms with Crippen molar-refractivity contribution in [3.63, 3.8) is 0 Å². The molecule has 1 aliphatic rings. The fourth-order valence-corrected chi connectivity index (χ4v) is 2.41. The lowest BCUT2D eigenvalue weighted by Gasteiger charge is -2.17. The number of nitrogens with zero attached hydrogens (tertiary/aromatic N) is 3. The Morgan fingerprint density at radius 1 is 1.48 bits per heavy atom. The summed E-state index contributed by atoms with van der Waals surface area (Å²) in [4.78, 5) is 24.6. The molecule has 116 valence electrons. The van der Waals surface area contributed by atoms with Crippen LogP contribution in [0.1, 0.15) is 55.1 Å². The summed E-state index contributed by atoms with van der Waals surface area (Å²) in [6, 6.07) is 0. The molecule has 1 aromatic heterocycles. The van der Waals surface area contributed by atoms with Crippen molar-refractivity contribution in [1.29, 1.82) is 0 Å². The van der Waals surface area contributed by atoms with Crippen LogP contribution in [-0.4, -0.2) is 45.3 Å². The van der Waals surface area contributed by atoms with Crippen LogP contribution in [0.3, 0.4) is 0 Å². The second-order valence-corrected chi connectivity index (χ2v) is 6.16. The van der Waals surface area contributed by atoms with Gasteiger partial charge in [0.25, 0.3) is 5.91 Å². The van der Waals surface area contributed by atoms with Crippen molar-refractivity contribution in [2.45, 2.75) is 45.6 Å². The van der Waals surface area contributed by atoms with Crippen molar-refractivity contribution < 1.29 is 14.7 Å². The second-order valence-electron chi connectivity index (χ2n) is 6.16. The third kappa shape index (κ3) is 3.83. The van der Waals surface area contributed by atoms with E-state index >= 15 is 0 Å². The molecule has 0 atom stereocenters. The van der Waals surface area contributed by atoms with Gasteiger partial charge in [-0.2, -0.15) is 5.10 Å². The number of aliphatic carboxylic acids is 1. The lowest BCUT2D eigenvalue weighted by molar-refractivity contribution is -0.137. The van der Waals surface area contributed by atoms with E-state index in [9.17, 15) is 9.59 Å². The number of carbonyl (C=O) groups excluding carboxylic acids is 1. The molecular weight excluding hydrogens is 270 g/mol. The molecule has 0 aliphatic heterocycles. The quantitative estimate of drug-likeness (QED) is 0.834. The highest BCUT2D eigenvalue weighted by Crippen LogP contribution is 2.42. The number of rotatable bonds is 7. The molecule has 0 spiro atoms. The van der Waals surface area contributed by atoms with Crippen LogP contribution in [0.2, 0.25) is 0 Å². The van der Waals surface area contributed by atoms with Gasteiger partial charge >= 0.3 is 5.97 Å². The Morgan fingerprint density at radius 2 is 2.14 bits per heavy atom. The number of hydrogen-bond acceptors (Lipinski definition) is 3. The zero-order chi connectivity index (χ0) is 15.6. The molecule has 1 aromatic rings. The lowest BCUT2D eigenvalue weighted by Crippen LogP contribution is -2.29. The monoisotopic (exact) mass is 293 g/mol. The van der Waals surface area contributed by atoms with Crippen LogP contribution in [0, 0.1) is 5.92 Å². The maximum atomic E-state index is 12.5. The zero-order valence-electron chi connectivity index (χ0n) is 12.9. The van der Waals surface area contributed by atoms with Gasteiger partial charge in [-0.25, -0.2) is 0 Å². The van der Waals surface area contributed by atoms with Crippen LogP contribution in [0.5, 0.6) is 0 Å². The summed E-state index contributed by atoms with van der Waals surface area (Å²) < 4.78 is 1.95. The van der Waals surface area contributed by atoms with E-state index in [1.807, 2.05) is 4.68 Å². The highest BCUT2D eigenvalue weighted by atomic mass is 16.4. The minimum absolute atomic E-state index is 0.0405. The van der Waals surface area contributed by atoms with Crippen molar-refractivity contribution in [2.24, 2.45) is 5.92 Å². The maximum absolute atomic E-state index is 12.5. The average Bonchev–Trinajstić information content (AvgIpc) is 3.16. The Labute approximate surface area is 124 Å². The van der Waals surface area contributed by atoms with Gasteiger partial charge in [0.15, 0.2) is 0 Å². The van der Waals surface area contributed by atoms with Gasteiger partial charge in [-0.05, 0) is 18.8 Å². The first-order valence-corrected chi connectivity index (χ1v) is 7.43. The standard InChI is InChI=1S/C15H23N3O3/c1-10(2)9-18-14(11-4-5-11)12(8-16-18)15(21)17(3)7-6-13(19)20/h8,10-11H,4-7,9H2,1-3H3,(H,19,20). The lowest BCUT2D eigenvalue weighted by atomic mass is 10.1. The van der Waals surface area contributed by atoms with Crippen LogP contribution in [-0.2, 0) is 11.3 Å². The van der Waals surface area contributed by atoms with E-state index in [2.05, 4.69) is 18.9 Å². The largest absolute Gasteiger partial charge is 0.481 e. The molecule has 1 fully saturated rings. The Bertz CT molecular complexity index is 532. The van der Waals surface area contributed by atoms with Crippen LogP contribution in [0.15, 0.2) is 6.20 Å². The number of carboxylic acids is 1. The summed E-state index contributed by atoms with van der Waals surface area (Å²) >= 11 is 0. The Morgan fingerprint density at radius 3 is 2.67 bits per heavy atom. The van der Waals surface area contributed by atoms with Crippen molar-refractivity contribution in [2.75, 3.05) is 13.6 Å². The third-order valence-electron chi connectivity index (χ3n) is 3.62. The molecular formula is C15H23N3O3. The molecule has 0 unspecified atom stereocenters. The van der Waals surface area contributed by atoms with Crippen LogP contribution < -0.4 is 0 Å². The summed E-state index contributed by atoms with van der Waals surface area (Å²) in [5.41, 5.74) is 1.65. The normalized spacial score (nSPS) is 14.5. The van der Waals surface area contributed by atoms with Crippen LogP contribution >= 0.6 is 0 Å². The molecule has 2 rings (SSSR count). The Kier molecular flexibility index (Phi) is 4.65. The average molecular weight is 293 g/mol. The first-order valence-electron chi connectivity index (χ1n) is 7.43. The summed E-state index contributed by atoms with van der Waals surface area (Å²) in [5, 5.41) is 13.1. The van der Waals surface area contributed by atoms with E-state index in [-0.39, 0.29) is 18.9 Å². The number of carboxylic acid groups (broad SMARTS) is 1. The first-order chi connectivity index (χ1) is 9.90. The van der Waals surface area contributed by atoms with Gasteiger partial charge in [-0.3, -0.25) is 14.3 Å². The molecule has 0 aromatic carbocycles. The van der Waals surface area contributed by atoms with Gasteiger partial charge in [-0.15, -0.1) is 0 Å². The molecule has 0 bridgehead atoms. The molecule has 1 aliphatic carbocycles. The number of aromatic nitrogens is 2. The summed E-state index contributed by atoms with van der Waals surface area (Å²) in [5.74, 6) is -0.131. The van der Waals surface area contributed by atoms with Crippen molar-refractivity contribution in [3.8, 4) is 0 Å². The molecule has 21 heavy (non-hydrogen) atoms. The molecule has 6 heteroatoms. The van der Waals surface area contributed by atoms with E-state index in [4.69, 9.17) is 5.11 Å². The molecule has 1 N–H and O–H groups in total. The highest BCUT2D eigenvalue weighted by Gasteiger charge is 2.33. The Balaban J connectivity index is 2.16. The molecule has 0 saturated heterocycles. The molecule has 1 saturated carbocycles. The summed E-state index contributed by atoms with van der Waals surface area (Å²) in [6.07, 6.45) is 3.79. The van der Waals surface area contributed by atoms with E-state index in [0.717, 1.165) is 25.1 Å². The molecule has 1 amide bonds. The highest BCUT2D eigenvalue weighted by molar-refractivity contribution is 5.95. The van der Waals surface area contributed by atoms with Gasteiger partial charge in [0, 0.05) is 26.1 Å². The van der Waals surface area contributed by atoms with Crippen LogP contribution in [0.4, 0.5) is 0 Å². The van der Waals surface area contributed by atoms with Gasteiger partial charge in [0.2, 0.25) is 0 Å². The van der Waals surface area contributed by atoms with Gasteiger partial charge in [0.05, 0.1) is 23.9 Å². The molecule has 6 nitrogen and oxygen atoms in total. The fourth-order valence-electron chi connectivity index (χ4n) is 2.41. The number of hydrogen-bond donors (Lipinski definition) is 1. The topological polar surface area (TPSA) is 75.4 Å². The fraction of sp³-hybridized carbons (Fsp3) is 0.667. The number of carbonyl (C=O) groups is 2. The zero-order valence-corrected chi connectivity index (χ0v) is 12.9.